The molecule has 0 atom stereocenters. The van der Waals surface area contributed by atoms with Crippen molar-refractivity contribution < 1.29 is 9.59 Å². The van der Waals surface area contributed by atoms with E-state index in [2.05, 4.69) is 15.9 Å². The zero-order chi connectivity index (χ0) is 10.4. The van der Waals surface area contributed by atoms with E-state index in [1.807, 2.05) is 24.3 Å². The van der Waals surface area contributed by atoms with Gasteiger partial charge in [-0.15, -0.1) is 0 Å². The van der Waals surface area contributed by atoms with Crippen molar-refractivity contribution in [3.8, 4) is 0 Å². The minimum absolute atomic E-state index is 0.101. The number of benzene rings is 1. The Kier molecular flexibility index (Phi) is 4.53. The molecule has 0 spiro atoms. The van der Waals surface area contributed by atoms with Crippen molar-refractivity contribution in [1.82, 2.24) is 0 Å². The molecule has 0 amide bonds. The van der Waals surface area contributed by atoms with Gasteiger partial charge in [0.1, 0.15) is 12.1 Å². The monoisotopic (exact) mass is 254 g/mol. The minimum atomic E-state index is 0.101. The Bertz CT molecular complexity index is 334. The van der Waals surface area contributed by atoms with Gasteiger partial charge in [-0.2, -0.15) is 0 Å². The fraction of sp³-hybridized carbons (Fsp3) is 0.273. The lowest BCUT2D eigenvalue weighted by Gasteiger charge is -2.01. The van der Waals surface area contributed by atoms with E-state index in [1.54, 1.807) is 0 Å². The number of ketones is 1. The van der Waals surface area contributed by atoms with E-state index in [0.29, 0.717) is 19.3 Å². The molecule has 14 heavy (non-hydrogen) atoms. The molecule has 1 aromatic rings. The van der Waals surface area contributed by atoms with E-state index in [1.165, 1.54) is 0 Å². The summed E-state index contributed by atoms with van der Waals surface area (Å²) in [4.78, 5) is 21.4. The molecule has 3 heteroatoms. The second-order valence-corrected chi connectivity index (χ2v) is 3.87. The highest BCUT2D eigenvalue weighted by Crippen LogP contribution is 2.16. The number of halogens is 1. The zero-order valence-electron chi connectivity index (χ0n) is 7.70. The lowest BCUT2D eigenvalue weighted by molar-refractivity contribution is -0.120. The third kappa shape index (κ3) is 3.42. The van der Waals surface area contributed by atoms with Crippen LogP contribution in [0.1, 0.15) is 18.4 Å². The van der Waals surface area contributed by atoms with Crippen LogP contribution < -0.4 is 0 Å². The number of carbonyl (C=O) groups excluding carboxylic acids is 2. The molecule has 0 N–H and O–H groups in total. The molecule has 0 unspecified atom stereocenters. The molecule has 0 fully saturated rings. The minimum Gasteiger partial charge on any atom is -0.303 e. The summed E-state index contributed by atoms with van der Waals surface area (Å²) in [7, 11) is 0. The molecule has 1 rings (SSSR count). The summed E-state index contributed by atoms with van der Waals surface area (Å²) in [5.41, 5.74) is 0.975. The van der Waals surface area contributed by atoms with E-state index in [9.17, 15) is 9.59 Å². The highest BCUT2D eigenvalue weighted by atomic mass is 79.9. The molecule has 0 aliphatic carbocycles. The number of hydrogen-bond acceptors (Lipinski definition) is 2. The predicted molar refractivity (Wildman–Crippen MR) is 58.2 cm³/mol. The smallest absolute Gasteiger partial charge is 0.137 e. The fourth-order valence-corrected chi connectivity index (χ4v) is 1.59. The summed E-state index contributed by atoms with van der Waals surface area (Å²) in [5.74, 6) is 0.101. The maximum Gasteiger partial charge on any atom is 0.137 e. The molecular formula is C11H11BrO2. The number of hydrogen-bond donors (Lipinski definition) is 0. The maximum atomic E-state index is 11.3. The molecule has 74 valence electrons. The van der Waals surface area contributed by atoms with Crippen molar-refractivity contribution in [3.63, 3.8) is 0 Å². The van der Waals surface area contributed by atoms with Gasteiger partial charge in [0.2, 0.25) is 0 Å². The highest BCUT2D eigenvalue weighted by Gasteiger charge is 2.05. The van der Waals surface area contributed by atoms with E-state index in [4.69, 9.17) is 0 Å². The van der Waals surface area contributed by atoms with Gasteiger partial charge in [-0.25, -0.2) is 0 Å². The maximum absolute atomic E-state index is 11.3. The topological polar surface area (TPSA) is 34.1 Å². The van der Waals surface area contributed by atoms with Crippen LogP contribution in [0.25, 0.3) is 0 Å². The van der Waals surface area contributed by atoms with Crippen molar-refractivity contribution in [2.24, 2.45) is 0 Å². The second-order valence-electron chi connectivity index (χ2n) is 3.01. The van der Waals surface area contributed by atoms with E-state index >= 15 is 0 Å². The van der Waals surface area contributed by atoms with E-state index < -0.39 is 0 Å². The first-order chi connectivity index (χ1) is 6.74. The Morgan fingerprint density at radius 1 is 1.36 bits per heavy atom. The van der Waals surface area contributed by atoms with Crippen LogP contribution in [-0.2, 0) is 16.0 Å². The molecule has 0 heterocycles. The van der Waals surface area contributed by atoms with Gasteiger partial charge in [-0.3, -0.25) is 4.79 Å². The summed E-state index contributed by atoms with van der Waals surface area (Å²) >= 11 is 3.37. The third-order valence-electron chi connectivity index (χ3n) is 1.89. The average molecular weight is 255 g/mol. The summed E-state index contributed by atoms with van der Waals surface area (Å²) in [6, 6.07) is 7.61. The normalized spacial score (nSPS) is 9.79. The Morgan fingerprint density at radius 3 is 2.71 bits per heavy atom. The van der Waals surface area contributed by atoms with Crippen molar-refractivity contribution in [2.45, 2.75) is 19.3 Å². The third-order valence-corrected chi connectivity index (χ3v) is 2.66. The number of aldehydes is 1. The van der Waals surface area contributed by atoms with Crippen LogP contribution >= 0.6 is 15.9 Å². The Morgan fingerprint density at radius 2 is 2.07 bits per heavy atom. The van der Waals surface area contributed by atoms with Crippen molar-refractivity contribution in [2.75, 3.05) is 0 Å². The quantitative estimate of drug-likeness (QED) is 0.757. The lowest BCUT2D eigenvalue weighted by atomic mass is 10.1. The largest absolute Gasteiger partial charge is 0.303 e. The van der Waals surface area contributed by atoms with Crippen molar-refractivity contribution in [1.29, 1.82) is 0 Å². The van der Waals surface area contributed by atoms with E-state index in [0.717, 1.165) is 16.3 Å². The lowest BCUT2D eigenvalue weighted by Crippen LogP contribution is -2.03. The number of carbonyl (C=O) groups is 2. The van der Waals surface area contributed by atoms with Gasteiger partial charge in [-0.1, -0.05) is 34.1 Å². The van der Waals surface area contributed by atoms with Crippen LogP contribution in [0, 0.1) is 0 Å². The van der Waals surface area contributed by atoms with Gasteiger partial charge in [0.15, 0.2) is 0 Å². The number of Topliss-reactive ketones (excluding diaryl/α,β-unsaturated/α-hetero) is 1. The Labute approximate surface area is 91.4 Å². The Balaban J connectivity index is 2.56. The van der Waals surface area contributed by atoms with Crippen LogP contribution in [-0.4, -0.2) is 12.1 Å². The Hall–Kier alpha value is -0.960. The molecule has 0 saturated carbocycles. The van der Waals surface area contributed by atoms with Gasteiger partial charge < -0.3 is 4.79 Å². The standard InChI is InChI=1S/C11H11BrO2/c12-11-6-2-1-4-9(11)8-10(14)5-3-7-13/h1-2,4,6-7H,3,5,8H2. The highest BCUT2D eigenvalue weighted by molar-refractivity contribution is 9.10. The predicted octanol–water partition coefficient (Wildman–Crippen LogP) is 2.54. The van der Waals surface area contributed by atoms with Crippen LogP contribution in [0.3, 0.4) is 0 Å². The van der Waals surface area contributed by atoms with Gasteiger partial charge in [-0.05, 0) is 11.6 Å². The zero-order valence-corrected chi connectivity index (χ0v) is 9.29. The molecule has 0 aliphatic rings. The molecule has 0 saturated heterocycles. The summed E-state index contributed by atoms with van der Waals surface area (Å²) in [6.07, 6.45) is 1.83. The summed E-state index contributed by atoms with van der Waals surface area (Å²) in [6.45, 7) is 0. The molecule has 0 aromatic heterocycles. The SMILES string of the molecule is O=CCCC(=O)Cc1ccccc1Br. The first kappa shape index (κ1) is 11.1. The first-order valence-electron chi connectivity index (χ1n) is 4.43. The molecule has 0 aliphatic heterocycles. The van der Waals surface area contributed by atoms with Crippen LogP contribution in [0.5, 0.6) is 0 Å². The number of rotatable bonds is 5. The molecule has 0 radical (unpaired) electrons. The fourth-order valence-electron chi connectivity index (χ4n) is 1.16. The van der Waals surface area contributed by atoms with Crippen LogP contribution in [0.2, 0.25) is 0 Å². The van der Waals surface area contributed by atoms with Crippen LogP contribution in [0.4, 0.5) is 0 Å². The van der Waals surface area contributed by atoms with Gasteiger partial charge >= 0.3 is 0 Å². The molecule has 1 aromatic carbocycles. The van der Waals surface area contributed by atoms with Gasteiger partial charge in [0.05, 0.1) is 0 Å². The average Bonchev–Trinajstić information content (AvgIpc) is 2.18. The van der Waals surface area contributed by atoms with E-state index in [-0.39, 0.29) is 5.78 Å². The van der Waals surface area contributed by atoms with Crippen LogP contribution in [0.15, 0.2) is 28.7 Å². The first-order valence-corrected chi connectivity index (χ1v) is 5.22. The van der Waals surface area contributed by atoms with Crippen molar-refractivity contribution >= 4 is 28.0 Å². The van der Waals surface area contributed by atoms with Gasteiger partial charge in [0.25, 0.3) is 0 Å². The summed E-state index contributed by atoms with van der Waals surface area (Å²) in [5, 5.41) is 0. The van der Waals surface area contributed by atoms with Gasteiger partial charge in [0, 0.05) is 23.7 Å². The second kappa shape index (κ2) is 5.70. The van der Waals surface area contributed by atoms with Crippen molar-refractivity contribution in [3.05, 3.63) is 34.3 Å². The molecular weight excluding hydrogens is 244 g/mol. The summed E-state index contributed by atoms with van der Waals surface area (Å²) < 4.78 is 0.944. The molecule has 0 bridgehead atoms. The molecule has 2 nitrogen and oxygen atoms in total.